The van der Waals surface area contributed by atoms with Crippen molar-refractivity contribution >= 4 is 39.4 Å². The Kier molecular flexibility index (Phi) is 9.33. The highest BCUT2D eigenvalue weighted by Gasteiger charge is 2.19. The lowest BCUT2D eigenvalue weighted by Crippen LogP contribution is -3.00. The summed E-state index contributed by atoms with van der Waals surface area (Å²) in [6, 6.07) is 13.1. The number of anilines is 1. The van der Waals surface area contributed by atoms with Gasteiger partial charge in [0.25, 0.3) is 5.01 Å². The fraction of sp³-hybridized carbons (Fsp3) is 0.345. The molecule has 1 fully saturated rings. The van der Waals surface area contributed by atoms with Gasteiger partial charge >= 0.3 is 0 Å². The van der Waals surface area contributed by atoms with Gasteiger partial charge in [0.1, 0.15) is 11.2 Å². The SMILES string of the molecule is CC[n+]1c(C=CC=C2CCCCC2)sc2cccc(C=CN(C)c3cccc(C)c3C)c21.[I-]. The first-order chi connectivity index (χ1) is 15.6. The van der Waals surface area contributed by atoms with Crippen molar-refractivity contribution < 1.29 is 28.5 Å². The van der Waals surface area contributed by atoms with Crippen LogP contribution in [0.3, 0.4) is 0 Å². The van der Waals surface area contributed by atoms with Crippen LogP contribution in [0.5, 0.6) is 0 Å². The van der Waals surface area contributed by atoms with Crippen LogP contribution in [-0.4, -0.2) is 7.05 Å². The Morgan fingerprint density at radius 1 is 1.00 bits per heavy atom. The van der Waals surface area contributed by atoms with E-state index in [-0.39, 0.29) is 24.0 Å². The molecule has 174 valence electrons. The maximum Gasteiger partial charge on any atom is 0.262 e. The summed E-state index contributed by atoms with van der Waals surface area (Å²) in [6.45, 7) is 7.58. The summed E-state index contributed by atoms with van der Waals surface area (Å²) in [5.41, 5.74) is 8.11. The number of nitrogens with zero attached hydrogens (tertiary/aromatic N) is 2. The molecule has 33 heavy (non-hydrogen) atoms. The van der Waals surface area contributed by atoms with Gasteiger partial charge in [0.15, 0.2) is 0 Å². The largest absolute Gasteiger partial charge is 1.00 e. The number of halogens is 1. The molecule has 0 bridgehead atoms. The van der Waals surface area contributed by atoms with Crippen LogP contribution in [0.1, 0.15) is 60.7 Å². The van der Waals surface area contributed by atoms with Crippen molar-refractivity contribution in [2.45, 2.75) is 59.4 Å². The van der Waals surface area contributed by atoms with Crippen LogP contribution in [0.4, 0.5) is 5.69 Å². The van der Waals surface area contributed by atoms with Gasteiger partial charge in [0, 0.05) is 30.6 Å². The van der Waals surface area contributed by atoms with Crippen molar-refractivity contribution in [3.63, 3.8) is 0 Å². The molecule has 1 aromatic heterocycles. The van der Waals surface area contributed by atoms with Gasteiger partial charge in [-0.05, 0) is 81.9 Å². The lowest BCUT2D eigenvalue weighted by molar-refractivity contribution is -0.665. The summed E-state index contributed by atoms with van der Waals surface area (Å²) in [5.74, 6) is 0. The zero-order valence-corrected chi connectivity index (χ0v) is 23.2. The molecule has 0 aliphatic heterocycles. The molecule has 4 rings (SSSR count). The van der Waals surface area contributed by atoms with Crippen LogP contribution in [0.25, 0.3) is 22.4 Å². The Morgan fingerprint density at radius 3 is 2.52 bits per heavy atom. The van der Waals surface area contributed by atoms with E-state index in [2.05, 4.69) is 104 Å². The standard InChI is InChI=1S/C29H35N2S.HI/c1-5-31-28(19-10-15-24-13-7-6-8-14-24)32-27-18-11-16-25(29(27)31)20-21-30(4)26-17-9-12-22(2)23(26)3;/h9-12,15-21H,5-8,13-14H2,1-4H3;1H/q+1;/p-1. The second-order valence-corrected chi connectivity index (χ2v) is 9.83. The Bertz CT molecular complexity index is 1180. The number of aryl methyl sites for hydroxylation is 2. The van der Waals surface area contributed by atoms with E-state index in [0.717, 1.165) is 6.54 Å². The monoisotopic (exact) mass is 570 g/mol. The molecule has 0 amide bonds. The Balaban J connectivity index is 0.00000306. The highest BCUT2D eigenvalue weighted by atomic mass is 127. The first kappa shape index (κ1) is 25.7. The van der Waals surface area contributed by atoms with Crippen molar-refractivity contribution in [2.24, 2.45) is 0 Å². The Hall–Kier alpha value is -1.92. The van der Waals surface area contributed by atoms with E-state index in [4.69, 9.17) is 0 Å². The summed E-state index contributed by atoms with van der Waals surface area (Å²) < 4.78 is 3.79. The topological polar surface area (TPSA) is 7.12 Å². The molecule has 0 spiro atoms. The third-order valence-corrected chi connectivity index (χ3v) is 7.71. The van der Waals surface area contributed by atoms with E-state index in [0.29, 0.717) is 0 Å². The molecule has 0 unspecified atom stereocenters. The van der Waals surface area contributed by atoms with E-state index in [9.17, 15) is 0 Å². The van der Waals surface area contributed by atoms with E-state index >= 15 is 0 Å². The third kappa shape index (κ3) is 5.96. The van der Waals surface area contributed by atoms with E-state index in [1.165, 1.54) is 69.7 Å². The number of aromatic nitrogens is 1. The van der Waals surface area contributed by atoms with Gasteiger partial charge in [-0.25, -0.2) is 0 Å². The van der Waals surface area contributed by atoms with Crippen molar-refractivity contribution in [3.05, 3.63) is 82.0 Å². The lowest BCUT2D eigenvalue weighted by atomic mass is 9.95. The van der Waals surface area contributed by atoms with Crippen molar-refractivity contribution in [1.29, 1.82) is 0 Å². The van der Waals surface area contributed by atoms with Crippen molar-refractivity contribution in [2.75, 3.05) is 11.9 Å². The number of allylic oxidation sites excluding steroid dienone is 3. The van der Waals surface area contributed by atoms with E-state index < -0.39 is 0 Å². The Morgan fingerprint density at radius 2 is 1.76 bits per heavy atom. The predicted molar refractivity (Wildman–Crippen MR) is 141 cm³/mol. The lowest BCUT2D eigenvalue weighted by Gasteiger charge is -2.18. The smallest absolute Gasteiger partial charge is 0.262 e. The zero-order chi connectivity index (χ0) is 22.5. The molecule has 1 aliphatic carbocycles. The van der Waals surface area contributed by atoms with Gasteiger partial charge in [-0.2, -0.15) is 4.57 Å². The van der Waals surface area contributed by atoms with Gasteiger partial charge in [-0.3, -0.25) is 0 Å². The van der Waals surface area contributed by atoms with Gasteiger partial charge in [0.2, 0.25) is 5.52 Å². The summed E-state index contributed by atoms with van der Waals surface area (Å²) >= 11 is 1.88. The number of benzene rings is 2. The van der Waals surface area contributed by atoms with Crippen molar-refractivity contribution in [1.82, 2.24) is 0 Å². The van der Waals surface area contributed by atoms with Gasteiger partial charge in [-0.15, -0.1) is 0 Å². The van der Waals surface area contributed by atoms with Crippen LogP contribution >= 0.6 is 11.3 Å². The third-order valence-electron chi connectivity index (χ3n) is 6.60. The highest BCUT2D eigenvalue weighted by Crippen LogP contribution is 2.27. The highest BCUT2D eigenvalue weighted by molar-refractivity contribution is 7.18. The number of hydrogen-bond donors (Lipinski definition) is 0. The molecule has 2 aromatic carbocycles. The average Bonchev–Trinajstić information content (AvgIpc) is 3.18. The Labute approximate surface area is 220 Å². The first-order valence-electron chi connectivity index (χ1n) is 11.9. The fourth-order valence-corrected chi connectivity index (χ4v) is 5.76. The molecular weight excluding hydrogens is 535 g/mol. The average molecular weight is 571 g/mol. The summed E-state index contributed by atoms with van der Waals surface area (Å²) in [7, 11) is 2.13. The molecule has 1 saturated carbocycles. The van der Waals surface area contributed by atoms with Gasteiger partial charge in [-0.1, -0.05) is 53.7 Å². The van der Waals surface area contributed by atoms with Crippen LogP contribution in [-0.2, 0) is 6.54 Å². The van der Waals surface area contributed by atoms with E-state index in [1.54, 1.807) is 5.57 Å². The second kappa shape index (κ2) is 12.0. The minimum Gasteiger partial charge on any atom is -1.00 e. The van der Waals surface area contributed by atoms with Crippen LogP contribution in [0, 0.1) is 13.8 Å². The van der Waals surface area contributed by atoms with Crippen molar-refractivity contribution in [3.8, 4) is 0 Å². The van der Waals surface area contributed by atoms with E-state index in [1.807, 2.05) is 11.3 Å². The van der Waals surface area contributed by atoms with Gasteiger partial charge in [0.05, 0.1) is 0 Å². The maximum absolute atomic E-state index is 2.45. The molecule has 1 aliphatic rings. The van der Waals surface area contributed by atoms with Crippen LogP contribution in [0.15, 0.2) is 60.3 Å². The summed E-state index contributed by atoms with van der Waals surface area (Å²) in [6.07, 6.45) is 18.0. The molecule has 0 saturated heterocycles. The molecule has 0 N–H and O–H groups in total. The van der Waals surface area contributed by atoms with Crippen LogP contribution in [0.2, 0.25) is 0 Å². The molecule has 0 radical (unpaired) electrons. The quantitative estimate of drug-likeness (QED) is 0.304. The number of para-hydroxylation sites is 1. The molecule has 3 aromatic rings. The second-order valence-electron chi connectivity index (χ2n) is 8.77. The van der Waals surface area contributed by atoms with Crippen LogP contribution < -0.4 is 33.4 Å². The number of thiazole rings is 1. The maximum atomic E-state index is 2.45. The number of rotatable bonds is 6. The fourth-order valence-electron chi connectivity index (χ4n) is 4.59. The summed E-state index contributed by atoms with van der Waals surface area (Å²) in [4.78, 5) is 2.22. The predicted octanol–water partition coefficient (Wildman–Crippen LogP) is 4.84. The molecule has 0 atom stereocenters. The molecular formula is C29H35IN2S. The number of fused-ring (bicyclic) bond motifs is 1. The summed E-state index contributed by atoms with van der Waals surface area (Å²) in [5, 5.41) is 1.32. The molecule has 1 heterocycles. The minimum atomic E-state index is 0. The first-order valence-corrected chi connectivity index (χ1v) is 12.7. The van der Waals surface area contributed by atoms with Gasteiger partial charge < -0.3 is 28.9 Å². The molecule has 2 nitrogen and oxygen atoms in total. The number of hydrogen-bond acceptors (Lipinski definition) is 2. The minimum absolute atomic E-state index is 0. The molecule has 4 heteroatoms. The zero-order valence-electron chi connectivity index (χ0n) is 20.3. The normalized spacial score (nSPS) is 14.2.